The molecule has 1 atom stereocenters. The highest BCUT2D eigenvalue weighted by Gasteiger charge is 2.24. The van der Waals surface area contributed by atoms with Gasteiger partial charge in [0.1, 0.15) is 12.6 Å². The van der Waals surface area contributed by atoms with Crippen LogP contribution in [0, 0.1) is 5.92 Å². The van der Waals surface area contributed by atoms with Crippen molar-refractivity contribution < 1.29 is 22.7 Å². The maximum Gasteiger partial charge on any atom is 0.408 e. The average molecular weight is 434 g/mol. The Kier molecular flexibility index (Phi) is 8.37. The highest BCUT2D eigenvalue weighted by Crippen LogP contribution is 2.10. The molecule has 0 fully saturated rings. The van der Waals surface area contributed by atoms with Gasteiger partial charge in [0.2, 0.25) is 15.9 Å². The molecule has 0 aliphatic rings. The molecule has 0 saturated heterocycles. The fraction of sp³-hybridized carbons (Fsp3) is 0.333. The molecule has 0 aromatic heterocycles. The van der Waals surface area contributed by atoms with E-state index in [0.29, 0.717) is 6.42 Å². The Morgan fingerprint density at radius 3 is 2.33 bits per heavy atom. The number of nitrogens with one attached hydrogen (secondary N) is 2. The second-order valence-electron chi connectivity index (χ2n) is 7.16. The first-order chi connectivity index (χ1) is 14.2. The topological polar surface area (TPSA) is 128 Å². The molecule has 2 aromatic rings. The van der Waals surface area contributed by atoms with Crippen molar-refractivity contribution in [2.75, 3.05) is 6.54 Å². The zero-order chi connectivity index (χ0) is 22.1. The van der Waals surface area contributed by atoms with Crippen molar-refractivity contribution in [2.45, 2.75) is 37.8 Å². The first kappa shape index (κ1) is 23.4. The first-order valence-electron chi connectivity index (χ1n) is 9.53. The zero-order valence-corrected chi connectivity index (χ0v) is 17.8. The van der Waals surface area contributed by atoms with E-state index in [1.807, 2.05) is 44.2 Å². The van der Waals surface area contributed by atoms with Gasteiger partial charge in [-0.1, -0.05) is 56.3 Å². The lowest BCUT2D eigenvalue weighted by Gasteiger charge is -2.21. The largest absolute Gasteiger partial charge is 0.445 e. The molecule has 0 saturated carbocycles. The highest BCUT2D eigenvalue weighted by atomic mass is 32.2. The van der Waals surface area contributed by atoms with Crippen molar-refractivity contribution in [1.82, 2.24) is 10.6 Å². The number of carbonyl (C=O) groups is 2. The standard InChI is InChI=1S/C21H27N3O5S/c1-15(2)19(24-21(26)29-14-17-7-4-3-5-8-17)20(25)23-12-11-16-9-6-10-18(13-16)30(22,27)28/h3-10,13,15,19H,11-12,14H2,1-2H3,(H,23,25)(H,24,26)(H2,22,27,28)/t19-/m1/s1. The number of sulfonamides is 1. The molecule has 0 aliphatic heterocycles. The van der Waals surface area contributed by atoms with E-state index < -0.39 is 22.2 Å². The molecule has 2 aromatic carbocycles. The van der Waals surface area contributed by atoms with Crippen molar-refractivity contribution >= 4 is 22.0 Å². The molecule has 2 amide bonds. The van der Waals surface area contributed by atoms with Crippen molar-refractivity contribution in [3.05, 3.63) is 65.7 Å². The van der Waals surface area contributed by atoms with Gasteiger partial charge in [0.05, 0.1) is 4.90 Å². The maximum absolute atomic E-state index is 12.5. The Morgan fingerprint density at radius 1 is 1.03 bits per heavy atom. The van der Waals surface area contributed by atoms with Gasteiger partial charge < -0.3 is 15.4 Å². The number of carbonyl (C=O) groups excluding carboxylic acids is 2. The van der Waals surface area contributed by atoms with E-state index in [0.717, 1.165) is 11.1 Å². The summed E-state index contributed by atoms with van der Waals surface area (Å²) in [5, 5.41) is 10.5. The molecule has 0 bridgehead atoms. The minimum absolute atomic E-state index is 0.0224. The Bertz CT molecular complexity index is 962. The Hall–Kier alpha value is -2.91. The Morgan fingerprint density at radius 2 is 1.70 bits per heavy atom. The van der Waals surface area contributed by atoms with Gasteiger partial charge in [0.25, 0.3) is 0 Å². The van der Waals surface area contributed by atoms with Crippen LogP contribution in [0.2, 0.25) is 0 Å². The predicted molar refractivity (Wildman–Crippen MR) is 113 cm³/mol. The number of hydrogen-bond donors (Lipinski definition) is 3. The SMILES string of the molecule is CC(C)[C@@H](NC(=O)OCc1ccccc1)C(=O)NCCc1cccc(S(N)(=O)=O)c1. The van der Waals surface area contributed by atoms with E-state index >= 15 is 0 Å². The van der Waals surface area contributed by atoms with Crippen LogP contribution in [0.15, 0.2) is 59.5 Å². The molecule has 30 heavy (non-hydrogen) atoms. The first-order valence-corrected chi connectivity index (χ1v) is 11.1. The van der Waals surface area contributed by atoms with Crippen molar-refractivity contribution in [3.63, 3.8) is 0 Å². The number of benzene rings is 2. The number of amides is 2. The van der Waals surface area contributed by atoms with Crippen LogP contribution in [0.3, 0.4) is 0 Å². The summed E-state index contributed by atoms with van der Waals surface area (Å²) in [6.45, 7) is 4.02. The fourth-order valence-corrected chi connectivity index (χ4v) is 3.33. The normalized spacial score (nSPS) is 12.3. The number of nitrogens with two attached hydrogens (primary N) is 1. The van der Waals surface area contributed by atoms with E-state index in [1.54, 1.807) is 12.1 Å². The van der Waals surface area contributed by atoms with E-state index in [4.69, 9.17) is 9.88 Å². The third kappa shape index (κ3) is 7.49. The van der Waals surface area contributed by atoms with E-state index in [9.17, 15) is 18.0 Å². The third-order valence-corrected chi connectivity index (χ3v) is 5.29. The lowest BCUT2D eigenvalue weighted by atomic mass is 10.0. The second-order valence-corrected chi connectivity index (χ2v) is 8.72. The molecule has 2 rings (SSSR count). The quantitative estimate of drug-likeness (QED) is 0.557. The molecule has 9 heteroatoms. The van der Waals surface area contributed by atoms with Gasteiger partial charge in [-0.15, -0.1) is 0 Å². The summed E-state index contributed by atoms with van der Waals surface area (Å²) in [6, 6.07) is 14.7. The molecule has 0 heterocycles. The van der Waals surface area contributed by atoms with Crippen molar-refractivity contribution in [2.24, 2.45) is 11.1 Å². The molecule has 4 N–H and O–H groups in total. The van der Waals surface area contributed by atoms with Crippen LogP contribution in [0.5, 0.6) is 0 Å². The number of hydrogen-bond acceptors (Lipinski definition) is 5. The molecular weight excluding hydrogens is 406 g/mol. The van der Waals surface area contributed by atoms with Crippen LogP contribution in [0.1, 0.15) is 25.0 Å². The summed E-state index contributed by atoms with van der Waals surface area (Å²) in [4.78, 5) is 24.6. The van der Waals surface area contributed by atoms with E-state index in [1.165, 1.54) is 12.1 Å². The number of rotatable bonds is 9. The second kappa shape index (κ2) is 10.7. The predicted octanol–water partition coefficient (Wildman–Crippen LogP) is 1.94. The fourth-order valence-electron chi connectivity index (χ4n) is 2.74. The summed E-state index contributed by atoms with van der Waals surface area (Å²) in [5.74, 6) is -0.496. The van der Waals surface area contributed by atoms with Crippen LogP contribution in [-0.2, 0) is 32.6 Å². The summed E-state index contributed by atoms with van der Waals surface area (Å²) in [7, 11) is -3.78. The van der Waals surface area contributed by atoms with E-state index in [2.05, 4.69) is 10.6 Å². The van der Waals surface area contributed by atoms with Gasteiger partial charge in [0, 0.05) is 6.54 Å². The van der Waals surface area contributed by atoms with Gasteiger partial charge in [-0.3, -0.25) is 4.79 Å². The minimum Gasteiger partial charge on any atom is -0.445 e. The van der Waals surface area contributed by atoms with Crippen molar-refractivity contribution in [1.29, 1.82) is 0 Å². The average Bonchev–Trinajstić information content (AvgIpc) is 2.70. The number of ether oxygens (including phenoxy) is 1. The third-order valence-electron chi connectivity index (χ3n) is 4.38. The Balaban J connectivity index is 1.85. The Labute approximate surface area is 176 Å². The van der Waals surface area contributed by atoms with Crippen LogP contribution >= 0.6 is 0 Å². The van der Waals surface area contributed by atoms with E-state index in [-0.39, 0.29) is 29.9 Å². The summed E-state index contributed by atoms with van der Waals surface area (Å²) in [5.41, 5.74) is 1.57. The molecular formula is C21H27N3O5S. The summed E-state index contributed by atoms with van der Waals surface area (Å²) >= 11 is 0. The van der Waals surface area contributed by atoms with Gasteiger partial charge in [0.15, 0.2) is 0 Å². The van der Waals surface area contributed by atoms with Gasteiger partial charge in [-0.05, 0) is 35.6 Å². The smallest absolute Gasteiger partial charge is 0.408 e. The zero-order valence-electron chi connectivity index (χ0n) is 17.0. The van der Waals surface area contributed by atoms with Crippen LogP contribution in [0.25, 0.3) is 0 Å². The van der Waals surface area contributed by atoms with Gasteiger partial charge in [-0.25, -0.2) is 18.4 Å². The lowest BCUT2D eigenvalue weighted by molar-refractivity contribution is -0.124. The van der Waals surface area contributed by atoms with Gasteiger partial charge in [-0.2, -0.15) is 0 Å². The summed E-state index contributed by atoms with van der Waals surface area (Å²) < 4.78 is 28.0. The minimum atomic E-state index is -3.78. The van der Waals surface area contributed by atoms with Crippen LogP contribution in [-0.4, -0.2) is 33.0 Å². The molecule has 0 radical (unpaired) electrons. The summed E-state index contributed by atoms with van der Waals surface area (Å²) in [6.07, 6.45) is -0.258. The maximum atomic E-state index is 12.5. The van der Waals surface area contributed by atoms with Gasteiger partial charge >= 0.3 is 6.09 Å². The number of alkyl carbamates (subject to hydrolysis) is 1. The monoisotopic (exact) mass is 433 g/mol. The van der Waals surface area contributed by atoms with Crippen LogP contribution < -0.4 is 15.8 Å². The highest BCUT2D eigenvalue weighted by molar-refractivity contribution is 7.89. The van der Waals surface area contributed by atoms with Crippen molar-refractivity contribution in [3.8, 4) is 0 Å². The molecule has 0 aliphatic carbocycles. The molecule has 0 unspecified atom stereocenters. The molecule has 8 nitrogen and oxygen atoms in total. The molecule has 162 valence electrons. The lowest BCUT2D eigenvalue weighted by Crippen LogP contribution is -2.50. The van der Waals surface area contributed by atoms with Crippen LogP contribution in [0.4, 0.5) is 4.79 Å². The number of primary sulfonamides is 1. The molecule has 0 spiro atoms.